The van der Waals surface area contributed by atoms with Crippen LogP contribution in [0.2, 0.25) is 0 Å². The summed E-state index contributed by atoms with van der Waals surface area (Å²) in [6, 6.07) is 11.6. The van der Waals surface area contributed by atoms with E-state index in [9.17, 15) is 14.7 Å². The number of methoxy groups -OCH3 is 1. The lowest BCUT2D eigenvalue weighted by atomic mass is 10.1. The minimum atomic E-state index is -3.74. The Labute approximate surface area is 177 Å². The number of nitrogens with zero attached hydrogens (tertiary/aromatic N) is 1. The highest BCUT2D eigenvalue weighted by molar-refractivity contribution is 7.54. The van der Waals surface area contributed by atoms with Crippen molar-refractivity contribution in [3.05, 3.63) is 63.7 Å². The lowest BCUT2D eigenvalue weighted by molar-refractivity contribution is -0.384. The first-order valence-electron chi connectivity index (χ1n) is 9.68. The van der Waals surface area contributed by atoms with Gasteiger partial charge in [0.15, 0.2) is 5.78 Å². The summed E-state index contributed by atoms with van der Waals surface area (Å²) in [5, 5.41) is 14.3. The molecule has 0 saturated carbocycles. The molecule has 30 heavy (non-hydrogen) atoms. The molecule has 0 saturated heterocycles. The van der Waals surface area contributed by atoms with Gasteiger partial charge in [-0.15, -0.1) is 0 Å². The third-order valence-electron chi connectivity index (χ3n) is 4.18. The van der Waals surface area contributed by atoms with Crippen molar-refractivity contribution < 1.29 is 23.3 Å². The third-order valence-corrected chi connectivity index (χ3v) is 6.65. The first-order valence-corrected chi connectivity index (χ1v) is 11.3. The fraction of sp³-hybridized carbons (Fsp3) is 0.429. The molecular weight excluding hydrogens is 407 g/mol. The van der Waals surface area contributed by atoms with Crippen LogP contribution in [-0.2, 0) is 13.6 Å². The molecule has 2 rings (SSSR count). The summed E-state index contributed by atoms with van der Waals surface area (Å²) in [7, 11) is -2.21. The van der Waals surface area contributed by atoms with Crippen molar-refractivity contribution in [3.63, 3.8) is 0 Å². The first kappa shape index (κ1) is 23.9. The number of nitro benzene ring substituents is 1. The SMILES string of the molecule is COc1ccccc1C(Nc1ccc([N+](=O)[O-])cc1C)P(=O)(OC(C)C)OC(C)C. The van der Waals surface area contributed by atoms with Crippen LogP contribution in [0.1, 0.15) is 44.6 Å². The minimum absolute atomic E-state index is 0.0214. The fourth-order valence-electron chi connectivity index (χ4n) is 3.02. The smallest absolute Gasteiger partial charge is 0.357 e. The maximum absolute atomic E-state index is 14.0. The molecule has 0 amide bonds. The molecule has 0 spiro atoms. The number of hydrogen-bond donors (Lipinski definition) is 1. The maximum Gasteiger partial charge on any atom is 0.357 e. The summed E-state index contributed by atoms with van der Waals surface area (Å²) in [6.07, 6.45) is -0.710. The number of anilines is 1. The van der Waals surface area contributed by atoms with E-state index in [-0.39, 0.29) is 17.9 Å². The normalized spacial score (nSPS) is 12.8. The monoisotopic (exact) mass is 436 g/mol. The van der Waals surface area contributed by atoms with Gasteiger partial charge in [0.25, 0.3) is 5.69 Å². The molecule has 0 aliphatic rings. The Morgan fingerprint density at radius 1 is 1.03 bits per heavy atom. The molecular formula is C21H29N2O6P. The molecule has 2 aromatic rings. The second-order valence-electron chi connectivity index (χ2n) is 7.39. The molecule has 1 N–H and O–H groups in total. The molecule has 0 aliphatic heterocycles. The van der Waals surface area contributed by atoms with Gasteiger partial charge in [0, 0.05) is 23.4 Å². The Kier molecular flexibility index (Phi) is 8.01. The van der Waals surface area contributed by atoms with Crippen molar-refractivity contribution in [3.8, 4) is 5.75 Å². The highest BCUT2D eigenvalue weighted by atomic mass is 31.2. The van der Waals surface area contributed by atoms with Gasteiger partial charge in [-0.2, -0.15) is 0 Å². The van der Waals surface area contributed by atoms with E-state index in [4.69, 9.17) is 13.8 Å². The Bertz CT molecular complexity index is 917. The minimum Gasteiger partial charge on any atom is -0.496 e. The van der Waals surface area contributed by atoms with Crippen molar-refractivity contribution in [1.82, 2.24) is 0 Å². The summed E-state index contributed by atoms with van der Waals surface area (Å²) >= 11 is 0. The topological polar surface area (TPSA) is 99.9 Å². The van der Waals surface area contributed by atoms with Crippen molar-refractivity contribution in [2.45, 2.75) is 52.6 Å². The predicted molar refractivity (Wildman–Crippen MR) is 117 cm³/mol. The molecule has 0 fully saturated rings. The number of nitrogens with one attached hydrogen (secondary N) is 1. The molecule has 8 nitrogen and oxygen atoms in total. The third kappa shape index (κ3) is 5.81. The van der Waals surface area contributed by atoms with E-state index in [0.717, 1.165) is 0 Å². The summed E-state index contributed by atoms with van der Waals surface area (Å²) in [6.45, 7) is 8.88. The molecule has 2 aromatic carbocycles. The van der Waals surface area contributed by atoms with Crippen molar-refractivity contribution in [1.29, 1.82) is 0 Å². The molecule has 0 aromatic heterocycles. The van der Waals surface area contributed by atoms with E-state index in [0.29, 0.717) is 22.6 Å². The lowest BCUT2D eigenvalue weighted by Gasteiger charge is -2.32. The Balaban J connectivity index is 2.61. The second-order valence-corrected chi connectivity index (χ2v) is 9.41. The number of para-hydroxylation sites is 1. The molecule has 1 atom stereocenters. The van der Waals surface area contributed by atoms with Gasteiger partial charge in [-0.05, 0) is 52.3 Å². The van der Waals surface area contributed by atoms with Gasteiger partial charge in [0.2, 0.25) is 0 Å². The summed E-state index contributed by atoms with van der Waals surface area (Å²) in [5.74, 6) is -0.367. The maximum atomic E-state index is 14.0. The van der Waals surface area contributed by atoms with Crippen molar-refractivity contribution in [2.75, 3.05) is 12.4 Å². The standard InChI is InChI=1S/C21H29N2O6P/c1-14(2)28-30(26,29-15(3)4)21(18-9-7-8-10-20(18)27-6)22-19-12-11-17(23(24)25)13-16(19)5/h7-15,21-22H,1-6H3. The van der Waals surface area contributed by atoms with E-state index in [2.05, 4.69) is 5.32 Å². The largest absolute Gasteiger partial charge is 0.496 e. The summed E-state index contributed by atoms with van der Waals surface area (Å²) < 4.78 is 31.2. The number of hydrogen-bond acceptors (Lipinski definition) is 7. The number of benzene rings is 2. The molecule has 0 heterocycles. The van der Waals surface area contributed by atoms with Crippen LogP contribution in [0.3, 0.4) is 0 Å². The highest BCUT2D eigenvalue weighted by Crippen LogP contribution is 2.63. The molecule has 9 heteroatoms. The average molecular weight is 436 g/mol. The zero-order valence-electron chi connectivity index (χ0n) is 18.1. The zero-order valence-corrected chi connectivity index (χ0v) is 19.0. The molecule has 0 radical (unpaired) electrons. The van der Waals surface area contributed by atoms with Crippen LogP contribution in [0.4, 0.5) is 11.4 Å². The van der Waals surface area contributed by atoms with Gasteiger partial charge >= 0.3 is 7.60 Å². The summed E-state index contributed by atoms with van der Waals surface area (Å²) in [5.41, 5.74) is 1.79. The van der Waals surface area contributed by atoms with Gasteiger partial charge in [0.05, 0.1) is 24.2 Å². The van der Waals surface area contributed by atoms with Gasteiger partial charge < -0.3 is 19.1 Å². The van der Waals surface area contributed by atoms with Gasteiger partial charge in [-0.1, -0.05) is 18.2 Å². The lowest BCUT2D eigenvalue weighted by Crippen LogP contribution is -2.20. The van der Waals surface area contributed by atoms with Crippen LogP contribution in [0.25, 0.3) is 0 Å². The van der Waals surface area contributed by atoms with Crippen LogP contribution in [0, 0.1) is 17.0 Å². The van der Waals surface area contributed by atoms with Crippen molar-refractivity contribution in [2.24, 2.45) is 0 Å². The van der Waals surface area contributed by atoms with Crippen LogP contribution >= 0.6 is 7.60 Å². The number of nitro groups is 1. The number of aryl methyl sites for hydroxylation is 1. The Hall–Kier alpha value is -2.41. The first-order chi connectivity index (χ1) is 14.1. The van der Waals surface area contributed by atoms with Crippen molar-refractivity contribution >= 4 is 19.0 Å². The fourth-order valence-corrected chi connectivity index (χ4v) is 5.34. The molecule has 164 valence electrons. The summed E-state index contributed by atoms with van der Waals surface area (Å²) in [4.78, 5) is 10.6. The number of rotatable bonds is 10. The van der Waals surface area contributed by atoms with Gasteiger partial charge in [-0.25, -0.2) is 0 Å². The molecule has 0 aliphatic carbocycles. The van der Waals surface area contributed by atoms with Crippen LogP contribution in [0.5, 0.6) is 5.75 Å². The van der Waals surface area contributed by atoms with E-state index in [1.807, 2.05) is 12.1 Å². The Morgan fingerprint density at radius 3 is 2.13 bits per heavy atom. The van der Waals surface area contributed by atoms with Crippen LogP contribution < -0.4 is 10.1 Å². The predicted octanol–water partition coefficient (Wildman–Crippen LogP) is 6.07. The number of ether oxygens (including phenoxy) is 1. The van der Waals surface area contributed by atoms with E-state index in [1.54, 1.807) is 52.8 Å². The zero-order chi connectivity index (χ0) is 22.5. The van der Waals surface area contributed by atoms with Crippen LogP contribution in [0.15, 0.2) is 42.5 Å². The average Bonchev–Trinajstić information content (AvgIpc) is 2.65. The van der Waals surface area contributed by atoms with Gasteiger partial charge in [-0.3, -0.25) is 14.7 Å². The molecule has 0 bridgehead atoms. The Morgan fingerprint density at radius 2 is 1.63 bits per heavy atom. The highest BCUT2D eigenvalue weighted by Gasteiger charge is 2.41. The molecule has 1 unspecified atom stereocenters. The van der Waals surface area contributed by atoms with Crippen LogP contribution in [-0.4, -0.2) is 24.2 Å². The second kappa shape index (κ2) is 10.1. The van der Waals surface area contributed by atoms with E-state index >= 15 is 0 Å². The van der Waals surface area contributed by atoms with Gasteiger partial charge in [0.1, 0.15) is 5.75 Å². The number of non-ortho nitro benzene ring substituents is 1. The quantitative estimate of drug-likeness (QED) is 0.274. The van der Waals surface area contributed by atoms with E-state index in [1.165, 1.54) is 19.2 Å². The van der Waals surface area contributed by atoms with E-state index < -0.39 is 18.3 Å².